The zero-order valence-electron chi connectivity index (χ0n) is 10.8. The van der Waals surface area contributed by atoms with Crippen molar-refractivity contribution in [3.8, 4) is 0 Å². The van der Waals surface area contributed by atoms with E-state index in [1.807, 2.05) is 0 Å². The average Bonchev–Trinajstić information content (AvgIpc) is 2.88. The molecule has 2 aliphatic heterocycles. The van der Waals surface area contributed by atoms with Crippen LogP contribution in [0.5, 0.6) is 0 Å². The molecule has 2 saturated heterocycles. The topological polar surface area (TPSA) is 90.0 Å². The Kier molecular flexibility index (Phi) is 4.36. The van der Waals surface area contributed by atoms with Crippen LogP contribution < -0.4 is 5.32 Å². The molecule has 0 bridgehead atoms. The molecule has 106 valence electrons. The predicted molar refractivity (Wildman–Crippen MR) is 66.4 cm³/mol. The predicted octanol–water partition coefficient (Wildman–Crippen LogP) is -1.12. The number of aliphatic carboxylic acids is 1. The summed E-state index contributed by atoms with van der Waals surface area (Å²) >= 11 is 0. The lowest BCUT2D eigenvalue weighted by molar-refractivity contribution is -0.154. The Bertz CT molecular complexity index is 379. The van der Waals surface area contributed by atoms with Crippen molar-refractivity contribution in [3.63, 3.8) is 0 Å². The number of hydrogen-bond donors (Lipinski definition) is 2. The van der Waals surface area contributed by atoms with E-state index in [1.165, 1.54) is 4.90 Å². The van der Waals surface area contributed by atoms with Gasteiger partial charge in [-0.25, -0.2) is 4.79 Å². The summed E-state index contributed by atoms with van der Waals surface area (Å²) in [7, 11) is 0. The van der Waals surface area contributed by atoms with Crippen LogP contribution in [0.15, 0.2) is 0 Å². The van der Waals surface area contributed by atoms with Gasteiger partial charge in [0.25, 0.3) is 0 Å². The summed E-state index contributed by atoms with van der Waals surface area (Å²) in [5.41, 5.74) is 0. The fourth-order valence-electron chi connectivity index (χ4n) is 2.53. The molecule has 0 aromatic heterocycles. The van der Waals surface area contributed by atoms with E-state index < -0.39 is 12.0 Å². The fourth-order valence-corrected chi connectivity index (χ4v) is 2.53. The maximum absolute atomic E-state index is 12.1. The molecule has 0 radical (unpaired) electrons. The Morgan fingerprint density at radius 2 is 2.00 bits per heavy atom. The van der Waals surface area contributed by atoms with Crippen molar-refractivity contribution in [2.24, 2.45) is 0 Å². The molecule has 2 aliphatic rings. The van der Waals surface area contributed by atoms with Gasteiger partial charge in [0, 0.05) is 19.5 Å². The Balaban J connectivity index is 1.90. The molecular weight excluding hydrogens is 250 g/mol. The van der Waals surface area contributed by atoms with Crippen LogP contribution in [0.1, 0.15) is 19.3 Å². The lowest BCUT2D eigenvalue weighted by Crippen LogP contribution is -2.59. The van der Waals surface area contributed by atoms with Gasteiger partial charge in [0.1, 0.15) is 12.6 Å². The molecule has 2 N–H and O–H groups in total. The Labute approximate surface area is 111 Å². The van der Waals surface area contributed by atoms with Crippen LogP contribution in [0.2, 0.25) is 0 Å². The molecule has 1 unspecified atom stereocenters. The quantitative estimate of drug-likeness (QED) is 0.675. The largest absolute Gasteiger partial charge is 0.480 e. The van der Waals surface area contributed by atoms with Crippen molar-refractivity contribution in [3.05, 3.63) is 0 Å². The van der Waals surface area contributed by atoms with Crippen molar-refractivity contribution in [2.45, 2.75) is 25.3 Å². The number of amides is 2. The summed E-state index contributed by atoms with van der Waals surface area (Å²) in [5.74, 6) is -1.63. The van der Waals surface area contributed by atoms with Crippen LogP contribution in [0, 0.1) is 0 Å². The highest BCUT2D eigenvalue weighted by molar-refractivity contribution is 5.91. The summed E-state index contributed by atoms with van der Waals surface area (Å²) in [6.07, 6.45) is 2.58. The summed E-state index contributed by atoms with van der Waals surface area (Å²) in [5, 5.41) is 11.5. The van der Waals surface area contributed by atoms with E-state index in [1.54, 1.807) is 0 Å². The van der Waals surface area contributed by atoms with Gasteiger partial charge in [-0.05, 0) is 25.9 Å². The number of nitrogens with zero attached hydrogens (tertiary/aromatic N) is 2. The van der Waals surface area contributed by atoms with Crippen LogP contribution in [-0.4, -0.2) is 71.5 Å². The molecule has 1 atom stereocenters. The summed E-state index contributed by atoms with van der Waals surface area (Å²) < 4.78 is 0. The highest BCUT2D eigenvalue weighted by Gasteiger charge is 2.34. The normalized spacial score (nSPS) is 24.3. The highest BCUT2D eigenvalue weighted by atomic mass is 16.4. The number of nitrogens with one attached hydrogen (secondary N) is 1. The molecule has 2 amide bonds. The first-order chi connectivity index (χ1) is 9.08. The maximum Gasteiger partial charge on any atom is 0.328 e. The van der Waals surface area contributed by atoms with E-state index in [4.69, 9.17) is 5.11 Å². The molecule has 0 saturated carbocycles. The Morgan fingerprint density at radius 3 is 2.63 bits per heavy atom. The standard InChI is InChI=1S/C12H19N3O4/c16-10-8-15(9(7-13-10)12(18)19)11(17)3-6-14-4-1-2-5-14/h9H,1-8H2,(H,13,16)(H,18,19). The molecular formula is C12H19N3O4. The lowest BCUT2D eigenvalue weighted by atomic mass is 10.1. The number of carboxylic acids is 1. The van der Waals surface area contributed by atoms with Crippen molar-refractivity contribution in [1.82, 2.24) is 15.1 Å². The van der Waals surface area contributed by atoms with Crippen LogP contribution >= 0.6 is 0 Å². The van der Waals surface area contributed by atoms with Gasteiger partial charge in [0.05, 0.1) is 0 Å². The van der Waals surface area contributed by atoms with E-state index in [2.05, 4.69) is 10.2 Å². The maximum atomic E-state index is 12.1. The minimum absolute atomic E-state index is 0.0103. The number of carbonyl (C=O) groups is 3. The molecule has 7 nitrogen and oxygen atoms in total. The van der Waals surface area contributed by atoms with Gasteiger partial charge < -0.3 is 20.2 Å². The third kappa shape index (κ3) is 3.44. The molecule has 2 rings (SSSR count). The fraction of sp³-hybridized carbons (Fsp3) is 0.750. The van der Waals surface area contributed by atoms with E-state index in [0.717, 1.165) is 25.9 Å². The van der Waals surface area contributed by atoms with Crippen molar-refractivity contribution in [1.29, 1.82) is 0 Å². The summed E-state index contributed by atoms with van der Waals surface area (Å²) in [6, 6.07) is -0.941. The van der Waals surface area contributed by atoms with Crippen LogP contribution in [-0.2, 0) is 14.4 Å². The molecule has 0 aliphatic carbocycles. The molecule has 7 heteroatoms. The summed E-state index contributed by atoms with van der Waals surface area (Å²) in [4.78, 5) is 37.8. The van der Waals surface area contributed by atoms with Gasteiger partial charge in [-0.1, -0.05) is 0 Å². The SMILES string of the molecule is O=C1CN(C(=O)CCN2CCCC2)C(C(=O)O)CN1. The third-order valence-electron chi connectivity index (χ3n) is 3.63. The van der Waals surface area contributed by atoms with Gasteiger partial charge in [0.15, 0.2) is 0 Å². The first-order valence-corrected chi connectivity index (χ1v) is 6.59. The second-order valence-electron chi connectivity index (χ2n) is 4.98. The Morgan fingerprint density at radius 1 is 1.32 bits per heavy atom. The highest BCUT2D eigenvalue weighted by Crippen LogP contribution is 2.11. The monoisotopic (exact) mass is 269 g/mol. The van der Waals surface area contributed by atoms with E-state index in [0.29, 0.717) is 6.54 Å². The van der Waals surface area contributed by atoms with Crippen molar-refractivity contribution in [2.75, 3.05) is 32.7 Å². The van der Waals surface area contributed by atoms with Crippen molar-refractivity contribution >= 4 is 17.8 Å². The van der Waals surface area contributed by atoms with Crippen LogP contribution in [0.4, 0.5) is 0 Å². The number of piperazine rings is 1. The number of hydrogen-bond acceptors (Lipinski definition) is 4. The van der Waals surface area contributed by atoms with Gasteiger partial charge in [-0.3, -0.25) is 9.59 Å². The Hall–Kier alpha value is -1.63. The molecule has 0 spiro atoms. The zero-order chi connectivity index (χ0) is 13.8. The number of rotatable bonds is 4. The average molecular weight is 269 g/mol. The zero-order valence-corrected chi connectivity index (χ0v) is 10.8. The van der Waals surface area contributed by atoms with Gasteiger partial charge in [-0.15, -0.1) is 0 Å². The van der Waals surface area contributed by atoms with Gasteiger partial charge >= 0.3 is 5.97 Å². The molecule has 0 aromatic rings. The number of carbonyl (C=O) groups excluding carboxylic acids is 2. The molecule has 2 heterocycles. The molecule has 2 fully saturated rings. The molecule has 19 heavy (non-hydrogen) atoms. The van der Waals surface area contributed by atoms with E-state index in [9.17, 15) is 14.4 Å². The van der Waals surface area contributed by atoms with Gasteiger partial charge in [-0.2, -0.15) is 0 Å². The first-order valence-electron chi connectivity index (χ1n) is 6.59. The second-order valence-corrected chi connectivity index (χ2v) is 4.98. The minimum atomic E-state index is -1.07. The molecule has 0 aromatic carbocycles. The van der Waals surface area contributed by atoms with Crippen molar-refractivity contribution < 1.29 is 19.5 Å². The van der Waals surface area contributed by atoms with Crippen LogP contribution in [0.25, 0.3) is 0 Å². The summed E-state index contributed by atoms with van der Waals surface area (Å²) in [6.45, 7) is 2.47. The number of likely N-dealkylation sites (tertiary alicyclic amines) is 1. The lowest BCUT2D eigenvalue weighted by Gasteiger charge is -2.33. The van der Waals surface area contributed by atoms with Crippen LogP contribution in [0.3, 0.4) is 0 Å². The number of carboxylic acid groups (broad SMARTS) is 1. The second kappa shape index (κ2) is 6.01. The first kappa shape index (κ1) is 13.8. The van der Waals surface area contributed by atoms with E-state index in [-0.39, 0.29) is 31.3 Å². The minimum Gasteiger partial charge on any atom is -0.480 e. The third-order valence-corrected chi connectivity index (χ3v) is 3.63. The smallest absolute Gasteiger partial charge is 0.328 e. The van der Waals surface area contributed by atoms with E-state index >= 15 is 0 Å². The van der Waals surface area contributed by atoms with Gasteiger partial charge in [0.2, 0.25) is 11.8 Å².